The van der Waals surface area contributed by atoms with Crippen LogP contribution in [0.25, 0.3) is 0 Å². The summed E-state index contributed by atoms with van der Waals surface area (Å²) in [5, 5.41) is 7.51. The standard InChI is InChI=1S/C10H11F3N4/c1-2-16-6-8(5-14-16)7-17-4-3-9(15-17)10(11,12)13/h3-6H,2,7H2,1H3. The Labute approximate surface area is 95.7 Å². The van der Waals surface area contributed by atoms with Crippen molar-refractivity contribution in [2.75, 3.05) is 0 Å². The molecule has 0 aromatic carbocycles. The lowest BCUT2D eigenvalue weighted by atomic mass is 10.4. The number of rotatable bonds is 3. The Kier molecular flexibility index (Phi) is 2.91. The van der Waals surface area contributed by atoms with Crippen molar-refractivity contribution in [2.45, 2.75) is 26.2 Å². The number of halogens is 3. The summed E-state index contributed by atoms with van der Waals surface area (Å²) in [6, 6.07) is 0.963. The minimum absolute atomic E-state index is 0.288. The van der Waals surface area contributed by atoms with E-state index in [2.05, 4.69) is 10.2 Å². The molecule has 7 heteroatoms. The van der Waals surface area contributed by atoms with Gasteiger partial charge in [-0.1, -0.05) is 0 Å². The molecule has 0 fully saturated rings. The van der Waals surface area contributed by atoms with Crippen LogP contribution in [0.1, 0.15) is 18.2 Å². The third-order valence-corrected chi connectivity index (χ3v) is 2.29. The van der Waals surface area contributed by atoms with E-state index in [9.17, 15) is 13.2 Å². The van der Waals surface area contributed by atoms with Crippen LogP contribution in [-0.2, 0) is 19.3 Å². The lowest BCUT2D eigenvalue weighted by Crippen LogP contribution is -2.08. The van der Waals surface area contributed by atoms with Gasteiger partial charge in [-0.25, -0.2) is 0 Å². The monoisotopic (exact) mass is 244 g/mol. The highest BCUT2D eigenvalue weighted by Crippen LogP contribution is 2.27. The fraction of sp³-hybridized carbons (Fsp3) is 0.400. The van der Waals surface area contributed by atoms with Gasteiger partial charge in [-0.2, -0.15) is 23.4 Å². The maximum Gasteiger partial charge on any atom is 0.435 e. The minimum atomic E-state index is -4.39. The van der Waals surface area contributed by atoms with E-state index in [1.54, 1.807) is 17.1 Å². The van der Waals surface area contributed by atoms with E-state index in [1.165, 1.54) is 10.9 Å². The molecule has 0 saturated heterocycles. The Morgan fingerprint density at radius 2 is 2.06 bits per heavy atom. The average Bonchev–Trinajstić information content (AvgIpc) is 2.86. The summed E-state index contributed by atoms with van der Waals surface area (Å²) in [5.41, 5.74) is -0.0518. The molecular weight excluding hydrogens is 233 g/mol. The van der Waals surface area contributed by atoms with Gasteiger partial charge in [-0.05, 0) is 13.0 Å². The van der Waals surface area contributed by atoms with Gasteiger partial charge >= 0.3 is 6.18 Å². The summed E-state index contributed by atoms with van der Waals surface area (Å²) in [6.45, 7) is 2.95. The molecule has 0 amide bonds. The lowest BCUT2D eigenvalue weighted by Gasteiger charge is -2.01. The number of aryl methyl sites for hydroxylation is 1. The van der Waals surface area contributed by atoms with Crippen molar-refractivity contribution in [3.05, 3.63) is 35.9 Å². The first-order chi connectivity index (χ1) is 7.99. The van der Waals surface area contributed by atoms with E-state index in [0.717, 1.165) is 18.2 Å². The van der Waals surface area contributed by atoms with Gasteiger partial charge in [0, 0.05) is 24.5 Å². The van der Waals surface area contributed by atoms with Crippen LogP contribution in [0.5, 0.6) is 0 Å². The number of aromatic nitrogens is 4. The van der Waals surface area contributed by atoms with Crippen LogP contribution < -0.4 is 0 Å². The molecule has 0 aliphatic heterocycles. The molecule has 0 aliphatic carbocycles. The quantitative estimate of drug-likeness (QED) is 0.829. The normalized spacial score (nSPS) is 12.0. The molecular formula is C10H11F3N4. The smallest absolute Gasteiger partial charge is 0.273 e. The predicted octanol–water partition coefficient (Wildman–Crippen LogP) is 2.17. The van der Waals surface area contributed by atoms with E-state index in [1.807, 2.05) is 6.92 Å². The van der Waals surface area contributed by atoms with Gasteiger partial charge in [0.15, 0.2) is 5.69 Å². The number of nitrogens with zero attached hydrogens (tertiary/aromatic N) is 4. The molecule has 0 radical (unpaired) electrons. The van der Waals surface area contributed by atoms with Crippen LogP contribution in [0.2, 0.25) is 0 Å². The fourth-order valence-electron chi connectivity index (χ4n) is 1.45. The zero-order valence-corrected chi connectivity index (χ0v) is 9.15. The average molecular weight is 244 g/mol. The van der Waals surface area contributed by atoms with Gasteiger partial charge in [0.2, 0.25) is 0 Å². The molecule has 0 N–H and O–H groups in total. The third kappa shape index (κ3) is 2.66. The third-order valence-electron chi connectivity index (χ3n) is 2.29. The van der Waals surface area contributed by atoms with E-state index in [0.29, 0.717) is 0 Å². The van der Waals surface area contributed by atoms with Crippen LogP contribution in [-0.4, -0.2) is 19.6 Å². The minimum Gasteiger partial charge on any atom is -0.273 e. The van der Waals surface area contributed by atoms with Crippen LogP contribution in [0.15, 0.2) is 24.7 Å². The summed E-state index contributed by atoms with van der Waals surface area (Å²) >= 11 is 0. The second-order valence-corrected chi connectivity index (χ2v) is 3.60. The Morgan fingerprint density at radius 1 is 1.29 bits per heavy atom. The maximum atomic E-state index is 12.3. The molecule has 2 rings (SSSR count). The molecule has 92 valence electrons. The van der Waals surface area contributed by atoms with Crippen molar-refractivity contribution in [3.8, 4) is 0 Å². The highest BCUT2D eigenvalue weighted by Gasteiger charge is 2.33. The van der Waals surface area contributed by atoms with Crippen molar-refractivity contribution in [1.82, 2.24) is 19.6 Å². The van der Waals surface area contributed by atoms with Crippen molar-refractivity contribution >= 4 is 0 Å². The molecule has 2 aromatic heterocycles. The van der Waals surface area contributed by atoms with Crippen molar-refractivity contribution in [2.24, 2.45) is 0 Å². The molecule has 0 atom stereocenters. The molecule has 4 nitrogen and oxygen atoms in total. The van der Waals surface area contributed by atoms with Gasteiger partial charge in [-0.15, -0.1) is 0 Å². The topological polar surface area (TPSA) is 35.6 Å². The Morgan fingerprint density at radius 3 is 2.59 bits per heavy atom. The molecule has 0 saturated carbocycles. The molecule has 17 heavy (non-hydrogen) atoms. The van der Waals surface area contributed by atoms with Crippen LogP contribution in [0.3, 0.4) is 0 Å². The number of hydrogen-bond donors (Lipinski definition) is 0. The zero-order valence-electron chi connectivity index (χ0n) is 9.15. The van der Waals surface area contributed by atoms with E-state index < -0.39 is 11.9 Å². The van der Waals surface area contributed by atoms with Crippen molar-refractivity contribution in [1.29, 1.82) is 0 Å². The molecule has 0 unspecified atom stereocenters. The van der Waals surface area contributed by atoms with Gasteiger partial charge in [0.25, 0.3) is 0 Å². The molecule has 2 heterocycles. The first-order valence-corrected chi connectivity index (χ1v) is 5.11. The highest BCUT2D eigenvalue weighted by molar-refractivity contribution is 5.08. The summed E-state index contributed by atoms with van der Waals surface area (Å²) in [6.07, 6.45) is 0.332. The summed E-state index contributed by atoms with van der Waals surface area (Å²) < 4.78 is 39.9. The second-order valence-electron chi connectivity index (χ2n) is 3.60. The lowest BCUT2D eigenvalue weighted by molar-refractivity contribution is -0.141. The first-order valence-electron chi connectivity index (χ1n) is 5.11. The Hall–Kier alpha value is -1.79. The predicted molar refractivity (Wildman–Crippen MR) is 54.2 cm³/mol. The Balaban J connectivity index is 2.11. The van der Waals surface area contributed by atoms with Gasteiger partial charge < -0.3 is 0 Å². The van der Waals surface area contributed by atoms with Gasteiger partial charge in [0.1, 0.15) is 0 Å². The van der Waals surface area contributed by atoms with E-state index in [-0.39, 0.29) is 6.54 Å². The highest BCUT2D eigenvalue weighted by atomic mass is 19.4. The Bertz CT molecular complexity index is 498. The van der Waals surface area contributed by atoms with Crippen molar-refractivity contribution in [3.63, 3.8) is 0 Å². The van der Waals surface area contributed by atoms with Crippen LogP contribution >= 0.6 is 0 Å². The molecule has 0 bridgehead atoms. The van der Waals surface area contributed by atoms with E-state index >= 15 is 0 Å². The van der Waals surface area contributed by atoms with Gasteiger partial charge in [-0.3, -0.25) is 9.36 Å². The van der Waals surface area contributed by atoms with Crippen molar-refractivity contribution < 1.29 is 13.2 Å². The summed E-state index contributed by atoms with van der Waals surface area (Å²) in [7, 11) is 0. The summed E-state index contributed by atoms with van der Waals surface area (Å²) in [5.74, 6) is 0. The first kappa shape index (κ1) is 11.7. The van der Waals surface area contributed by atoms with Gasteiger partial charge in [0.05, 0.1) is 12.7 Å². The van der Waals surface area contributed by atoms with Crippen LogP contribution in [0.4, 0.5) is 13.2 Å². The summed E-state index contributed by atoms with van der Waals surface area (Å²) in [4.78, 5) is 0. The van der Waals surface area contributed by atoms with E-state index in [4.69, 9.17) is 0 Å². The SMILES string of the molecule is CCn1cc(Cn2ccc(C(F)(F)F)n2)cn1. The second kappa shape index (κ2) is 4.23. The fourth-order valence-corrected chi connectivity index (χ4v) is 1.45. The number of alkyl halides is 3. The largest absolute Gasteiger partial charge is 0.435 e. The maximum absolute atomic E-state index is 12.3. The molecule has 0 aliphatic rings. The number of hydrogen-bond acceptors (Lipinski definition) is 2. The molecule has 2 aromatic rings. The zero-order chi connectivity index (χ0) is 12.5. The molecule has 0 spiro atoms. The van der Waals surface area contributed by atoms with Crippen LogP contribution in [0, 0.1) is 0 Å².